The molecule has 0 radical (unpaired) electrons. The molecule has 2 heterocycles. The highest BCUT2D eigenvalue weighted by Crippen LogP contribution is 2.38. The van der Waals surface area contributed by atoms with Crippen molar-refractivity contribution in [2.45, 2.75) is 24.3 Å². The van der Waals surface area contributed by atoms with Gasteiger partial charge in [0.05, 0.1) is 23.4 Å². The number of carbonyl (C=O) groups excluding carboxylic acids is 1. The van der Waals surface area contributed by atoms with E-state index in [1.807, 2.05) is 42.2 Å². The molecule has 1 fully saturated rings. The summed E-state index contributed by atoms with van der Waals surface area (Å²) < 4.78 is 33.7. The van der Waals surface area contributed by atoms with Crippen molar-refractivity contribution in [3.05, 3.63) is 82.9 Å². The molecule has 9 heteroatoms. The Bertz CT molecular complexity index is 1390. The zero-order valence-corrected chi connectivity index (χ0v) is 21.8. The fraction of sp³-hybridized carbons (Fsp3) is 0.296. The van der Waals surface area contributed by atoms with Gasteiger partial charge in [0.25, 0.3) is 15.9 Å². The van der Waals surface area contributed by atoms with E-state index in [0.29, 0.717) is 48.9 Å². The van der Waals surface area contributed by atoms with E-state index >= 15 is 0 Å². The van der Waals surface area contributed by atoms with Crippen molar-refractivity contribution >= 4 is 38.9 Å². The summed E-state index contributed by atoms with van der Waals surface area (Å²) in [5, 5.41) is 0.482. The van der Waals surface area contributed by atoms with Crippen molar-refractivity contribution in [3.8, 4) is 5.75 Å². The minimum atomic E-state index is -3.75. The molecule has 2 aliphatic heterocycles. The lowest BCUT2D eigenvalue weighted by Gasteiger charge is -2.36. The molecule has 0 saturated carbocycles. The van der Waals surface area contributed by atoms with Crippen LogP contribution in [0.1, 0.15) is 22.8 Å². The highest BCUT2D eigenvalue weighted by Gasteiger charge is 2.36. The van der Waals surface area contributed by atoms with Gasteiger partial charge in [-0.2, -0.15) is 0 Å². The predicted octanol–water partition coefficient (Wildman–Crippen LogP) is 4.45. The number of ether oxygens (including phenoxy) is 1. The Morgan fingerprint density at radius 2 is 1.64 bits per heavy atom. The number of carbonyl (C=O) groups is 1. The van der Waals surface area contributed by atoms with E-state index in [1.54, 1.807) is 31.4 Å². The maximum absolute atomic E-state index is 13.4. The summed E-state index contributed by atoms with van der Waals surface area (Å²) in [5.74, 6) is 0.785. The molecule has 7 nitrogen and oxygen atoms in total. The van der Waals surface area contributed by atoms with Gasteiger partial charge < -0.3 is 14.5 Å². The first kappa shape index (κ1) is 24.5. The minimum absolute atomic E-state index is 0.0378. The number of rotatable bonds is 5. The fourth-order valence-electron chi connectivity index (χ4n) is 5.05. The number of piperazine rings is 1. The first-order valence-electron chi connectivity index (χ1n) is 11.9. The van der Waals surface area contributed by atoms with Gasteiger partial charge >= 0.3 is 0 Å². The van der Waals surface area contributed by atoms with Crippen LogP contribution in [0.15, 0.2) is 71.6 Å². The van der Waals surface area contributed by atoms with E-state index in [0.717, 1.165) is 17.0 Å². The number of fused-ring (bicyclic) bond motifs is 1. The van der Waals surface area contributed by atoms with Gasteiger partial charge in [-0.25, -0.2) is 8.42 Å². The number of halogens is 1. The molecule has 0 spiro atoms. The van der Waals surface area contributed by atoms with Crippen LogP contribution in [-0.4, -0.2) is 58.6 Å². The van der Waals surface area contributed by atoms with Crippen LogP contribution in [0.4, 0.5) is 11.4 Å². The molecule has 3 aromatic rings. The SMILES string of the molecule is COc1ccccc1N1CCN(C(=O)c2ccc3c(c2)C[C@H](C)N3S(=O)(=O)c2ccc(Cl)cc2)CC1. The van der Waals surface area contributed by atoms with E-state index < -0.39 is 10.0 Å². The van der Waals surface area contributed by atoms with E-state index in [2.05, 4.69) is 4.90 Å². The van der Waals surface area contributed by atoms with Crippen LogP contribution in [0, 0.1) is 0 Å². The van der Waals surface area contributed by atoms with Crippen molar-refractivity contribution in [2.75, 3.05) is 42.5 Å². The van der Waals surface area contributed by atoms with Gasteiger partial charge in [-0.05, 0) is 73.5 Å². The Balaban J connectivity index is 1.32. The monoisotopic (exact) mass is 525 g/mol. The molecule has 36 heavy (non-hydrogen) atoms. The standard InChI is InChI=1S/C27H28ClN3O4S/c1-19-17-21-18-20(7-12-24(21)31(19)36(33,34)23-10-8-22(28)9-11-23)27(32)30-15-13-29(14-16-30)25-5-3-4-6-26(25)35-2/h3-12,18-19H,13-17H2,1-2H3/t19-/m0/s1. The molecule has 1 amide bonds. The van der Waals surface area contributed by atoms with Gasteiger partial charge in [0, 0.05) is 42.8 Å². The van der Waals surface area contributed by atoms with Gasteiger partial charge in [-0.15, -0.1) is 0 Å². The lowest BCUT2D eigenvalue weighted by atomic mass is 10.1. The smallest absolute Gasteiger partial charge is 0.264 e. The summed E-state index contributed by atoms with van der Waals surface area (Å²) in [6.07, 6.45) is 0.546. The van der Waals surface area contributed by atoms with Crippen molar-refractivity contribution in [2.24, 2.45) is 0 Å². The number of nitrogens with zero attached hydrogens (tertiary/aromatic N) is 3. The maximum Gasteiger partial charge on any atom is 0.264 e. The van der Waals surface area contributed by atoms with E-state index in [1.165, 1.54) is 16.4 Å². The topological polar surface area (TPSA) is 70.2 Å². The Hall–Kier alpha value is -3.23. The largest absolute Gasteiger partial charge is 0.495 e. The number of hydrogen-bond donors (Lipinski definition) is 0. The molecule has 1 atom stereocenters. The van der Waals surface area contributed by atoms with Gasteiger partial charge in [0.1, 0.15) is 5.75 Å². The van der Waals surface area contributed by atoms with Crippen LogP contribution in [0.3, 0.4) is 0 Å². The number of para-hydroxylation sites is 2. The number of benzene rings is 3. The van der Waals surface area contributed by atoms with Gasteiger partial charge in [0.15, 0.2) is 0 Å². The summed E-state index contributed by atoms with van der Waals surface area (Å²) in [4.78, 5) is 17.6. The van der Waals surface area contributed by atoms with Crippen molar-refractivity contribution in [3.63, 3.8) is 0 Å². The summed E-state index contributed by atoms with van der Waals surface area (Å²) in [6, 6.07) is 19.2. The summed E-state index contributed by atoms with van der Waals surface area (Å²) in [6.45, 7) is 4.50. The molecular formula is C27H28ClN3O4S. The van der Waals surface area contributed by atoms with Crippen LogP contribution >= 0.6 is 11.6 Å². The average Bonchev–Trinajstić information content (AvgIpc) is 3.24. The summed E-state index contributed by atoms with van der Waals surface area (Å²) in [7, 11) is -2.08. The van der Waals surface area contributed by atoms with Crippen molar-refractivity contribution < 1.29 is 17.9 Å². The van der Waals surface area contributed by atoms with Crippen LogP contribution in [0.25, 0.3) is 0 Å². The fourth-order valence-corrected chi connectivity index (χ4v) is 6.86. The molecule has 1 saturated heterocycles. The highest BCUT2D eigenvalue weighted by atomic mass is 35.5. The van der Waals surface area contributed by atoms with Gasteiger partial charge in [-0.1, -0.05) is 23.7 Å². The highest BCUT2D eigenvalue weighted by molar-refractivity contribution is 7.92. The molecule has 5 rings (SSSR count). The van der Waals surface area contributed by atoms with E-state index in [9.17, 15) is 13.2 Å². The van der Waals surface area contributed by atoms with E-state index in [-0.39, 0.29) is 16.8 Å². The lowest BCUT2D eigenvalue weighted by molar-refractivity contribution is 0.0746. The van der Waals surface area contributed by atoms with Gasteiger partial charge in [-0.3, -0.25) is 9.10 Å². The molecule has 0 bridgehead atoms. The molecule has 0 unspecified atom stereocenters. The molecule has 0 N–H and O–H groups in total. The molecule has 0 aliphatic carbocycles. The number of sulfonamides is 1. The van der Waals surface area contributed by atoms with Crippen LogP contribution in [0.2, 0.25) is 5.02 Å². The molecule has 2 aliphatic rings. The predicted molar refractivity (Wildman–Crippen MR) is 142 cm³/mol. The summed E-state index contributed by atoms with van der Waals surface area (Å²) in [5.41, 5.74) is 3.09. The summed E-state index contributed by atoms with van der Waals surface area (Å²) >= 11 is 5.94. The number of amides is 1. The van der Waals surface area contributed by atoms with Crippen LogP contribution < -0.4 is 13.9 Å². The zero-order valence-electron chi connectivity index (χ0n) is 20.2. The zero-order chi connectivity index (χ0) is 25.4. The van der Waals surface area contributed by atoms with E-state index in [4.69, 9.17) is 16.3 Å². The van der Waals surface area contributed by atoms with Crippen LogP contribution in [-0.2, 0) is 16.4 Å². The number of hydrogen-bond acceptors (Lipinski definition) is 5. The van der Waals surface area contributed by atoms with Crippen molar-refractivity contribution in [1.82, 2.24) is 4.90 Å². The number of methoxy groups -OCH3 is 1. The lowest BCUT2D eigenvalue weighted by Crippen LogP contribution is -2.48. The molecular weight excluding hydrogens is 498 g/mol. The van der Waals surface area contributed by atoms with Gasteiger partial charge in [0.2, 0.25) is 0 Å². The minimum Gasteiger partial charge on any atom is -0.495 e. The Morgan fingerprint density at radius 1 is 0.944 bits per heavy atom. The maximum atomic E-state index is 13.4. The average molecular weight is 526 g/mol. The second-order valence-corrected chi connectivity index (χ2v) is 11.4. The normalized spacial score (nSPS) is 17.8. The first-order valence-corrected chi connectivity index (χ1v) is 13.7. The third-order valence-electron chi connectivity index (χ3n) is 6.84. The quantitative estimate of drug-likeness (QED) is 0.492. The molecule has 188 valence electrons. The van der Waals surface area contributed by atoms with Crippen LogP contribution in [0.5, 0.6) is 5.75 Å². The number of anilines is 2. The third-order valence-corrected chi connectivity index (χ3v) is 9.04. The third kappa shape index (κ3) is 4.40. The Morgan fingerprint density at radius 3 is 2.33 bits per heavy atom. The Kier molecular flexibility index (Phi) is 6.57. The molecule has 3 aromatic carbocycles. The Labute approximate surface area is 216 Å². The van der Waals surface area contributed by atoms with Crippen molar-refractivity contribution in [1.29, 1.82) is 0 Å². The first-order chi connectivity index (χ1) is 17.3. The molecule has 0 aromatic heterocycles. The second-order valence-electron chi connectivity index (χ2n) is 9.10. The second kappa shape index (κ2) is 9.67.